The number of para-hydroxylation sites is 2. The van der Waals surface area contributed by atoms with Crippen molar-refractivity contribution in [2.75, 3.05) is 19.6 Å². The number of methoxy groups -OCH3 is 2. The van der Waals surface area contributed by atoms with E-state index in [1.54, 1.807) is 0 Å². The molecule has 0 atom stereocenters. The monoisotopic (exact) mass is 369 g/mol. The molecule has 9 heteroatoms. The lowest BCUT2D eigenvalue weighted by Gasteiger charge is -2.08. The number of nitro groups is 1. The van der Waals surface area contributed by atoms with Gasteiger partial charge in [-0.3, -0.25) is 10.1 Å². The van der Waals surface area contributed by atoms with E-state index >= 15 is 0 Å². The smallest absolute Gasteiger partial charge is 0.311 e. The van der Waals surface area contributed by atoms with Crippen LogP contribution in [0.5, 0.6) is 11.5 Å². The first-order valence-electron chi connectivity index (χ1n) is 8.23. The van der Waals surface area contributed by atoms with Gasteiger partial charge in [-0.05, 0) is 19.1 Å². The van der Waals surface area contributed by atoms with Gasteiger partial charge in [-0.2, -0.15) is 5.10 Å². The maximum Gasteiger partial charge on any atom is 0.311 e. The number of nitro benzene ring substituents is 1. The first-order valence-corrected chi connectivity index (χ1v) is 8.23. The summed E-state index contributed by atoms with van der Waals surface area (Å²) in [6.45, 7) is 2.73. The van der Waals surface area contributed by atoms with E-state index < -0.39 is 4.92 Å². The molecule has 1 aromatic heterocycles. The SMILES string of the molecule is CCn1c(N/N=C\c2cc([N+](=O)[O-])c(OC)cc2OC)nc2ccccc21. The number of nitrogens with zero attached hydrogens (tertiary/aromatic N) is 4. The standard InChI is InChI=1S/C18H19N5O4/c1-4-22-14-8-6-5-7-13(14)20-18(22)21-19-11-12-9-15(23(24)25)17(27-3)10-16(12)26-2/h5-11H,4H2,1-3H3,(H,20,21)/b19-11-. The maximum absolute atomic E-state index is 11.2. The van der Waals surface area contributed by atoms with E-state index in [-0.39, 0.29) is 11.4 Å². The Balaban J connectivity index is 1.92. The molecule has 0 saturated heterocycles. The molecule has 140 valence electrons. The number of hydrogen-bond donors (Lipinski definition) is 1. The third-order valence-corrected chi connectivity index (χ3v) is 4.07. The molecular weight excluding hydrogens is 350 g/mol. The molecule has 0 aliphatic rings. The van der Waals surface area contributed by atoms with E-state index in [0.29, 0.717) is 17.3 Å². The number of fused-ring (bicyclic) bond motifs is 1. The second-order valence-corrected chi connectivity index (χ2v) is 5.56. The zero-order chi connectivity index (χ0) is 19.4. The summed E-state index contributed by atoms with van der Waals surface area (Å²) in [4.78, 5) is 15.2. The summed E-state index contributed by atoms with van der Waals surface area (Å²) in [7, 11) is 2.84. The minimum absolute atomic E-state index is 0.120. The number of benzene rings is 2. The van der Waals surface area contributed by atoms with Crippen molar-refractivity contribution in [1.82, 2.24) is 9.55 Å². The fraction of sp³-hybridized carbons (Fsp3) is 0.222. The molecule has 0 saturated carbocycles. The summed E-state index contributed by atoms with van der Waals surface area (Å²) in [5, 5.41) is 15.4. The van der Waals surface area contributed by atoms with Crippen LogP contribution in [-0.4, -0.2) is 34.9 Å². The van der Waals surface area contributed by atoms with Gasteiger partial charge in [-0.15, -0.1) is 0 Å². The molecule has 2 aromatic carbocycles. The Bertz CT molecular complexity index is 1010. The molecule has 0 spiro atoms. The van der Waals surface area contributed by atoms with Crippen LogP contribution in [-0.2, 0) is 6.54 Å². The molecule has 27 heavy (non-hydrogen) atoms. The predicted molar refractivity (Wildman–Crippen MR) is 103 cm³/mol. The number of aromatic nitrogens is 2. The fourth-order valence-corrected chi connectivity index (χ4v) is 2.79. The molecule has 1 heterocycles. The zero-order valence-electron chi connectivity index (χ0n) is 15.2. The summed E-state index contributed by atoms with van der Waals surface area (Å²) >= 11 is 0. The van der Waals surface area contributed by atoms with Crippen molar-refractivity contribution >= 4 is 28.9 Å². The minimum atomic E-state index is -0.514. The highest BCUT2D eigenvalue weighted by Gasteiger charge is 2.19. The molecular formula is C18H19N5O4. The van der Waals surface area contributed by atoms with Crippen LogP contribution in [0.25, 0.3) is 11.0 Å². The Kier molecular flexibility index (Phi) is 5.20. The number of hydrogen-bond acceptors (Lipinski definition) is 7. The highest BCUT2D eigenvalue weighted by Crippen LogP contribution is 2.33. The molecule has 0 fully saturated rings. The van der Waals surface area contributed by atoms with Gasteiger partial charge >= 0.3 is 5.69 Å². The lowest BCUT2D eigenvalue weighted by Crippen LogP contribution is -2.03. The Morgan fingerprint density at radius 2 is 2.00 bits per heavy atom. The van der Waals surface area contributed by atoms with Crippen LogP contribution in [0.15, 0.2) is 41.5 Å². The van der Waals surface area contributed by atoms with Crippen molar-refractivity contribution in [2.45, 2.75) is 13.5 Å². The second kappa shape index (κ2) is 7.73. The van der Waals surface area contributed by atoms with E-state index in [1.165, 1.54) is 32.6 Å². The number of ether oxygens (including phenoxy) is 2. The molecule has 0 bridgehead atoms. The Morgan fingerprint density at radius 3 is 2.67 bits per heavy atom. The number of hydrazone groups is 1. The first-order chi connectivity index (χ1) is 13.1. The maximum atomic E-state index is 11.2. The largest absolute Gasteiger partial charge is 0.496 e. The average molecular weight is 369 g/mol. The molecule has 9 nitrogen and oxygen atoms in total. The molecule has 3 rings (SSSR count). The van der Waals surface area contributed by atoms with Crippen LogP contribution in [0, 0.1) is 10.1 Å². The Morgan fingerprint density at radius 1 is 1.26 bits per heavy atom. The molecule has 0 aliphatic heterocycles. The van der Waals surface area contributed by atoms with Gasteiger partial charge in [-0.1, -0.05) is 12.1 Å². The summed E-state index contributed by atoms with van der Waals surface area (Å²) in [5.41, 5.74) is 5.02. The Labute approximate surface area is 155 Å². The van der Waals surface area contributed by atoms with E-state index in [9.17, 15) is 10.1 Å². The lowest BCUT2D eigenvalue weighted by molar-refractivity contribution is -0.385. The van der Waals surface area contributed by atoms with Crippen LogP contribution in [0.1, 0.15) is 12.5 Å². The van der Waals surface area contributed by atoms with Crippen molar-refractivity contribution in [3.63, 3.8) is 0 Å². The number of nitrogens with one attached hydrogen (secondary N) is 1. The predicted octanol–water partition coefficient (Wildman–Crippen LogP) is 3.43. The van der Waals surface area contributed by atoms with Gasteiger partial charge in [0.05, 0.1) is 36.4 Å². The number of rotatable bonds is 7. The average Bonchev–Trinajstić information content (AvgIpc) is 3.04. The van der Waals surface area contributed by atoms with Gasteiger partial charge in [0.25, 0.3) is 0 Å². The van der Waals surface area contributed by atoms with Gasteiger partial charge in [0, 0.05) is 24.2 Å². The summed E-state index contributed by atoms with van der Waals surface area (Å²) in [6, 6.07) is 10.6. The third-order valence-electron chi connectivity index (χ3n) is 4.07. The van der Waals surface area contributed by atoms with E-state index in [2.05, 4.69) is 15.5 Å². The van der Waals surface area contributed by atoms with Crippen LogP contribution < -0.4 is 14.9 Å². The highest BCUT2D eigenvalue weighted by molar-refractivity contribution is 5.86. The molecule has 1 N–H and O–H groups in total. The summed E-state index contributed by atoms with van der Waals surface area (Å²) in [6.07, 6.45) is 1.45. The van der Waals surface area contributed by atoms with Gasteiger partial charge in [0.1, 0.15) is 5.75 Å². The number of imidazole rings is 1. The van der Waals surface area contributed by atoms with E-state index in [4.69, 9.17) is 9.47 Å². The molecule has 0 unspecified atom stereocenters. The fourth-order valence-electron chi connectivity index (χ4n) is 2.79. The van der Waals surface area contributed by atoms with E-state index in [0.717, 1.165) is 17.6 Å². The van der Waals surface area contributed by atoms with Crippen LogP contribution in [0.3, 0.4) is 0 Å². The van der Waals surface area contributed by atoms with Gasteiger partial charge < -0.3 is 14.0 Å². The van der Waals surface area contributed by atoms with Crippen molar-refractivity contribution in [1.29, 1.82) is 0 Å². The Hall–Kier alpha value is -3.62. The number of aryl methyl sites for hydroxylation is 1. The first kappa shape index (κ1) is 18.2. The van der Waals surface area contributed by atoms with Gasteiger partial charge in [0.2, 0.25) is 11.7 Å². The quantitative estimate of drug-likeness (QED) is 0.389. The van der Waals surface area contributed by atoms with Crippen molar-refractivity contribution in [2.24, 2.45) is 5.10 Å². The number of anilines is 1. The molecule has 0 amide bonds. The summed E-state index contributed by atoms with van der Waals surface area (Å²) in [5.74, 6) is 1.11. The second-order valence-electron chi connectivity index (χ2n) is 5.56. The lowest BCUT2D eigenvalue weighted by atomic mass is 10.1. The van der Waals surface area contributed by atoms with E-state index in [1.807, 2.05) is 35.8 Å². The molecule has 0 radical (unpaired) electrons. The van der Waals surface area contributed by atoms with Crippen molar-refractivity contribution in [3.05, 3.63) is 52.1 Å². The molecule has 3 aromatic rings. The topological polar surface area (TPSA) is 104 Å². The van der Waals surface area contributed by atoms with Crippen LogP contribution >= 0.6 is 0 Å². The normalized spacial score (nSPS) is 11.1. The highest BCUT2D eigenvalue weighted by atomic mass is 16.6. The third kappa shape index (κ3) is 3.52. The zero-order valence-corrected chi connectivity index (χ0v) is 15.2. The van der Waals surface area contributed by atoms with Gasteiger partial charge in [-0.25, -0.2) is 10.4 Å². The molecule has 0 aliphatic carbocycles. The van der Waals surface area contributed by atoms with Crippen molar-refractivity contribution in [3.8, 4) is 11.5 Å². The van der Waals surface area contributed by atoms with Crippen molar-refractivity contribution < 1.29 is 14.4 Å². The van der Waals surface area contributed by atoms with Crippen LogP contribution in [0.2, 0.25) is 0 Å². The van der Waals surface area contributed by atoms with Gasteiger partial charge in [0.15, 0.2) is 0 Å². The minimum Gasteiger partial charge on any atom is -0.496 e. The summed E-state index contributed by atoms with van der Waals surface area (Å²) < 4.78 is 12.3. The van der Waals surface area contributed by atoms with Crippen LogP contribution in [0.4, 0.5) is 11.6 Å².